The van der Waals surface area contributed by atoms with E-state index in [1.54, 1.807) is 0 Å². The second-order valence-electron chi connectivity index (χ2n) is 12.2. The van der Waals surface area contributed by atoms with Crippen LogP contribution in [0.1, 0.15) is 85.0 Å². The number of aliphatic hydroxyl groups is 1. The van der Waals surface area contributed by atoms with E-state index < -0.39 is 36.1 Å². The first kappa shape index (κ1) is 28.3. The number of carboxylic acids is 2. The zero-order valence-electron chi connectivity index (χ0n) is 22.5. The Kier molecular flexibility index (Phi) is 7.76. The highest BCUT2D eigenvalue weighted by molar-refractivity contribution is 5.96. The van der Waals surface area contributed by atoms with Crippen molar-refractivity contribution in [2.24, 2.45) is 33.7 Å². The number of aliphatic carboxylic acids is 2. The first-order chi connectivity index (χ1) is 17.8. The summed E-state index contributed by atoms with van der Waals surface area (Å²) in [7, 11) is 0. The van der Waals surface area contributed by atoms with Crippen LogP contribution in [-0.2, 0) is 24.0 Å². The van der Waals surface area contributed by atoms with Crippen LogP contribution in [0.3, 0.4) is 0 Å². The summed E-state index contributed by atoms with van der Waals surface area (Å²) in [5.74, 6) is -1.90. The van der Waals surface area contributed by atoms with Crippen molar-refractivity contribution in [3.05, 3.63) is 11.6 Å². The smallest absolute Gasteiger partial charge is 0.326 e. The zero-order valence-corrected chi connectivity index (χ0v) is 22.5. The van der Waals surface area contributed by atoms with Crippen molar-refractivity contribution in [1.82, 2.24) is 5.32 Å². The van der Waals surface area contributed by atoms with Crippen LogP contribution in [0.15, 0.2) is 16.8 Å². The molecular formula is C28H40N2O8. The fraction of sp³-hybridized carbons (Fsp3) is 0.750. The zero-order chi connectivity index (χ0) is 27.9. The predicted octanol–water partition coefficient (Wildman–Crippen LogP) is 3.08. The second kappa shape index (κ2) is 10.4. The first-order valence-electron chi connectivity index (χ1n) is 13.7. The van der Waals surface area contributed by atoms with Crippen LogP contribution in [0.4, 0.5) is 0 Å². The molecule has 10 nitrogen and oxygen atoms in total. The number of ketones is 1. The summed E-state index contributed by atoms with van der Waals surface area (Å²) in [6.45, 7) is 5.53. The Balaban J connectivity index is 1.38. The van der Waals surface area contributed by atoms with Gasteiger partial charge in [0, 0.05) is 11.8 Å². The van der Waals surface area contributed by atoms with Gasteiger partial charge in [0.15, 0.2) is 12.4 Å². The number of nitrogens with zero attached hydrogens (tertiary/aromatic N) is 1. The molecule has 3 saturated carbocycles. The van der Waals surface area contributed by atoms with E-state index in [9.17, 15) is 29.4 Å². The number of amides is 1. The molecule has 4 N–H and O–H groups in total. The number of hydrogen-bond acceptors (Lipinski definition) is 7. The van der Waals surface area contributed by atoms with Gasteiger partial charge >= 0.3 is 11.9 Å². The molecule has 7 atom stereocenters. The Bertz CT molecular complexity index is 1070. The second-order valence-corrected chi connectivity index (χ2v) is 12.2. The van der Waals surface area contributed by atoms with E-state index in [0.29, 0.717) is 30.6 Å². The van der Waals surface area contributed by atoms with Crippen molar-refractivity contribution < 1.29 is 39.3 Å². The minimum atomic E-state index is -1.30. The molecule has 1 unspecified atom stereocenters. The molecule has 0 aromatic heterocycles. The average molecular weight is 533 g/mol. The fourth-order valence-electron chi connectivity index (χ4n) is 8.17. The van der Waals surface area contributed by atoms with Gasteiger partial charge in [-0.25, -0.2) is 4.79 Å². The third-order valence-corrected chi connectivity index (χ3v) is 10.4. The minimum absolute atomic E-state index is 0.0242. The number of Topliss-reactive ketones (excluding diaryl/α,β-unsaturated/α-hetero) is 1. The highest BCUT2D eigenvalue weighted by Gasteiger charge is 2.65. The summed E-state index contributed by atoms with van der Waals surface area (Å²) < 4.78 is 0. The van der Waals surface area contributed by atoms with Gasteiger partial charge in [-0.15, -0.1) is 0 Å². The molecule has 0 bridgehead atoms. The van der Waals surface area contributed by atoms with Gasteiger partial charge < -0.3 is 25.5 Å². The largest absolute Gasteiger partial charge is 0.481 e. The van der Waals surface area contributed by atoms with Crippen molar-refractivity contribution in [3.8, 4) is 0 Å². The summed E-state index contributed by atoms with van der Waals surface area (Å²) in [5.41, 5.74) is 0.532. The Labute approximate surface area is 222 Å². The lowest BCUT2D eigenvalue weighted by Crippen LogP contribution is -2.57. The molecule has 0 aromatic rings. The third-order valence-electron chi connectivity index (χ3n) is 10.4. The maximum Gasteiger partial charge on any atom is 0.326 e. The minimum Gasteiger partial charge on any atom is -0.481 e. The van der Waals surface area contributed by atoms with Gasteiger partial charge in [-0.2, -0.15) is 0 Å². The molecule has 10 heteroatoms. The van der Waals surface area contributed by atoms with Crippen LogP contribution < -0.4 is 5.32 Å². The van der Waals surface area contributed by atoms with Crippen LogP contribution >= 0.6 is 0 Å². The van der Waals surface area contributed by atoms with Gasteiger partial charge in [-0.3, -0.25) is 14.4 Å². The van der Waals surface area contributed by atoms with Gasteiger partial charge in [0.1, 0.15) is 11.6 Å². The normalized spacial score (nSPS) is 37.7. The van der Waals surface area contributed by atoms with Crippen molar-refractivity contribution in [1.29, 1.82) is 0 Å². The van der Waals surface area contributed by atoms with Crippen molar-refractivity contribution >= 4 is 29.3 Å². The molecule has 0 aliphatic heterocycles. The third kappa shape index (κ3) is 4.87. The Morgan fingerprint density at radius 1 is 1.08 bits per heavy atom. The number of oxime groups is 1. The lowest BCUT2D eigenvalue weighted by Gasteiger charge is -2.59. The number of carboxylic acid groups (broad SMARTS) is 2. The quantitative estimate of drug-likeness (QED) is 0.329. The number of allylic oxidation sites excluding steroid dienone is 2. The number of nitrogens with one attached hydrogen (secondary N) is 1. The molecular weight excluding hydrogens is 492 g/mol. The average Bonchev–Trinajstić information content (AvgIpc) is 3.13. The number of carbonyl (C=O) groups is 4. The Morgan fingerprint density at radius 3 is 2.45 bits per heavy atom. The molecule has 0 spiro atoms. The summed E-state index contributed by atoms with van der Waals surface area (Å²) in [5, 5.41) is 35.7. The number of carbonyl (C=O) groups excluding carboxylic acids is 2. The maximum atomic E-state index is 12.4. The summed E-state index contributed by atoms with van der Waals surface area (Å²) >= 11 is 0. The Hall–Kier alpha value is -2.75. The van der Waals surface area contributed by atoms with Crippen LogP contribution in [0.5, 0.6) is 0 Å². The predicted molar refractivity (Wildman–Crippen MR) is 137 cm³/mol. The van der Waals surface area contributed by atoms with Crippen LogP contribution in [0.2, 0.25) is 0 Å². The van der Waals surface area contributed by atoms with Gasteiger partial charge in [0.2, 0.25) is 0 Å². The van der Waals surface area contributed by atoms with E-state index in [0.717, 1.165) is 44.2 Å². The molecule has 4 rings (SSSR count). The van der Waals surface area contributed by atoms with Crippen LogP contribution in [0, 0.1) is 28.6 Å². The molecule has 4 aliphatic rings. The first-order valence-corrected chi connectivity index (χ1v) is 13.7. The lowest BCUT2D eigenvalue weighted by atomic mass is 9.46. The van der Waals surface area contributed by atoms with Gasteiger partial charge in [-0.05, 0) is 94.0 Å². The standard InChI is InChI=1S/C28H40N2O8/c1-16(31)28(37)13-10-21-19-5-4-17-14-18(8-11-26(17,2)20(19)9-12-27(21,28)3)30-38-15-23(32)29-22(25(35)36)6-7-24(33)34/h14,19-22,37H,4-13,15H2,1-3H3,(H,29,32)(H,33,34)(H,35,36)/b30-18+/t19-,20+,21+,22?,26+,27+,28+/m1/s1. The number of rotatable bonds is 9. The molecule has 0 saturated heterocycles. The number of fused-ring (bicyclic) bond motifs is 5. The monoisotopic (exact) mass is 532 g/mol. The topological polar surface area (TPSA) is 163 Å². The van der Waals surface area contributed by atoms with E-state index in [1.165, 1.54) is 12.5 Å². The molecule has 0 heterocycles. The lowest BCUT2D eigenvalue weighted by molar-refractivity contribution is -0.159. The molecule has 4 aliphatic carbocycles. The van der Waals surface area contributed by atoms with Gasteiger partial charge in [0.05, 0.1) is 5.71 Å². The maximum absolute atomic E-state index is 12.4. The molecule has 0 aromatic carbocycles. The highest BCUT2D eigenvalue weighted by Crippen LogP contribution is 2.67. The van der Waals surface area contributed by atoms with Gasteiger partial charge in [-0.1, -0.05) is 24.6 Å². The van der Waals surface area contributed by atoms with Crippen LogP contribution in [0.25, 0.3) is 0 Å². The molecule has 3 fully saturated rings. The summed E-state index contributed by atoms with van der Waals surface area (Å²) in [6.07, 6.45) is 8.32. The van der Waals surface area contributed by atoms with E-state index in [2.05, 4.69) is 30.4 Å². The van der Waals surface area contributed by atoms with Gasteiger partial charge in [0.25, 0.3) is 5.91 Å². The summed E-state index contributed by atoms with van der Waals surface area (Å²) in [6, 6.07) is -1.30. The van der Waals surface area contributed by atoms with Crippen LogP contribution in [-0.4, -0.2) is 62.9 Å². The number of hydrogen-bond donors (Lipinski definition) is 4. The van der Waals surface area contributed by atoms with E-state index in [1.807, 2.05) is 0 Å². The van der Waals surface area contributed by atoms with E-state index >= 15 is 0 Å². The summed E-state index contributed by atoms with van der Waals surface area (Å²) in [4.78, 5) is 51.7. The molecule has 0 radical (unpaired) electrons. The molecule has 1 amide bonds. The highest BCUT2D eigenvalue weighted by atomic mass is 16.6. The SMILES string of the molecule is CC(=O)[C@@]1(O)CC[C@H]2[C@@H]3CCC4=C/C(=N/OCC(=O)NC(CCC(=O)O)C(=O)O)CC[C@]4(C)[C@H]3CC[C@@]21C. The van der Waals surface area contributed by atoms with Crippen molar-refractivity contribution in [2.75, 3.05) is 6.61 Å². The molecule has 38 heavy (non-hydrogen) atoms. The fourth-order valence-corrected chi connectivity index (χ4v) is 8.17. The van der Waals surface area contributed by atoms with E-state index in [4.69, 9.17) is 9.94 Å². The van der Waals surface area contributed by atoms with E-state index in [-0.39, 0.29) is 29.5 Å². The van der Waals surface area contributed by atoms with Crippen molar-refractivity contribution in [2.45, 2.75) is 96.6 Å². The van der Waals surface area contributed by atoms with Crippen molar-refractivity contribution in [3.63, 3.8) is 0 Å². The Morgan fingerprint density at radius 2 is 1.79 bits per heavy atom. The molecule has 210 valence electrons.